The maximum absolute atomic E-state index is 11.3. The minimum atomic E-state index is -0.987. The lowest BCUT2D eigenvalue weighted by Gasteiger charge is -2.31. The fourth-order valence-corrected chi connectivity index (χ4v) is 2.52. The zero-order valence-corrected chi connectivity index (χ0v) is 10.9. The second kappa shape index (κ2) is 5.09. The number of rotatable bonds is 4. The number of carboxylic acid groups (broad SMARTS) is 1. The van der Waals surface area contributed by atoms with E-state index in [-0.39, 0.29) is 11.7 Å². The van der Waals surface area contributed by atoms with Crippen molar-refractivity contribution in [2.24, 2.45) is 5.92 Å². The van der Waals surface area contributed by atoms with Crippen LogP contribution in [0.3, 0.4) is 0 Å². The molecule has 0 atom stereocenters. The number of carbonyl (C=O) groups is 1. The first-order chi connectivity index (χ1) is 9.63. The van der Waals surface area contributed by atoms with E-state index < -0.39 is 5.97 Å². The number of fused-ring (bicyclic) bond motifs is 1. The molecular weight excluding hydrogens is 256 g/mol. The van der Waals surface area contributed by atoms with Crippen LogP contribution in [-0.2, 0) is 0 Å². The molecule has 0 amide bonds. The van der Waals surface area contributed by atoms with Gasteiger partial charge in [-0.25, -0.2) is 9.78 Å². The Morgan fingerprint density at radius 1 is 1.35 bits per heavy atom. The minimum Gasteiger partial charge on any atom is -0.478 e. The van der Waals surface area contributed by atoms with Crippen LogP contribution in [0.1, 0.15) is 23.2 Å². The van der Waals surface area contributed by atoms with Crippen LogP contribution in [-0.4, -0.2) is 33.8 Å². The highest BCUT2D eigenvalue weighted by Gasteiger charge is 2.27. The summed E-state index contributed by atoms with van der Waals surface area (Å²) in [6.07, 6.45) is 1.33. The number of benzene rings is 1. The third-order valence-corrected chi connectivity index (χ3v) is 3.72. The molecule has 20 heavy (non-hydrogen) atoms. The Balaban J connectivity index is 1.87. The van der Waals surface area contributed by atoms with Gasteiger partial charge >= 0.3 is 5.97 Å². The van der Waals surface area contributed by atoms with Gasteiger partial charge in [-0.1, -0.05) is 18.2 Å². The van der Waals surface area contributed by atoms with E-state index in [2.05, 4.69) is 10.3 Å². The summed E-state index contributed by atoms with van der Waals surface area (Å²) in [5.41, 5.74) is 0.956. The number of hydrogen-bond acceptors (Lipinski definition) is 4. The normalized spacial score (nSPS) is 21.4. The van der Waals surface area contributed by atoms with Gasteiger partial charge in [-0.05, 0) is 30.9 Å². The summed E-state index contributed by atoms with van der Waals surface area (Å²) in [6.45, 7) is 0.642. The van der Waals surface area contributed by atoms with Gasteiger partial charge in [0.1, 0.15) is 11.4 Å². The van der Waals surface area contributed by atoms with Gasteiger partial charge in [0.05, 0.1) is 11.6 Å². The number of hydrogen-bond donors (Lipinski definition) is 3. The highest BCUT2D eigenvalue weighted by Crippen LogP contribution is 2.28. The fourth-order valence-electron chi connectivity index (χ4n) is 2.52. The Kier molecular flexibility index (Phi) is 3.28. The number of aliphatic hydroxyl groups is 1. The highest BCUT2D eigenvalue weighted by atomic mass is 16.4. The number of para-hydroxylation sites is 1. The Morgan fingerprint density at radius 3 is 2.80 bits per heavy atom. The van der Waals surface area contributed by atoms with Gasteiger partial charge in [0.25, 0.3) is 0 Å². The molecule has 1 heterocycles. The standard InChI is InChI=1S/C15H16N2O3/c18-11-5-9(6-11)8-16-14-12(15(19)20)7-10-3-1-2-4-13(10)17-14/h1-4,7,9,11,18H,5-6,8H2,(H,16,17)(H,19,20). The topological polar surface area (TPSA) is 82.5 Å². The van der Waals surface area contributed by atoms with Crippen molar-refractivity contribution in [3.63, 3.8) is 0 Å². The van der Waals surface area contributed by atoms with Crippen LogP contribution in [0.2, 0.25) is 0 Å². The van der Waals surface area contributed by atoms with Crippen molar-refractivity contribution in [1.82, 2.24) is 4.98 Å². The molecule has 3 rings (SSSR count). The molecule has 1 saturated carbocycles. The number of nitrogens with zero attached hydrogens (tertiary/aromatic N) is 1. The van der Waals surface area contributed by atoms with Crippen LogP contribution in [0, 0.1) is 5.92 Å². The number of pyridine rings is 1. The summed E-state index contributed by atoms with van der Waals surface area (Å²) in [7, 11) is 0. The van der Waals surface area contributed by atoms with Gasteiger partial charge in [0, 0.05) is 11.9 Å². The van der Waals surface area contributed by atoms with E-state index in [4.69, 9.17) is 0 Å². The molecule has 0 bridgehead atoms. The molecule has 1 aliphatic rings. The molecule has 0 unspecified atom stereocenters. The predicted octanol–water partition coefficient (Wildman–Crippen LogP) is 2.12. The number of nitrogens with one attached hydrogen (secondary N) is 1. The largest absolute Gasteiger partial charge is 0.478 e. The van der Waals surface area contributed by atoms with Gasteiger partial charge in [-0.3, -0.25) is 0 Å². The Hall–Kier alpha value is -2.14. The third-order valence-electron chi connectivity index (χ3n) is 3.72. The molecule has 5 nitrogen and oxygen atoms in total. The van der Waals surface area contributed by atoms with Gasteiger partial charge in [-0.15, -0.1) is 0 Å². The second-order valence-corrected chi connectivity index (χ2v) is 5.25. The highest BCUT2D eigenvalue weighted by molar-refractivity contribution is 5.98. The van der Waals surface area contributed by atoms with Crippen LogP contribution in [0.25, 0.3) is 10.9 Å². The summed E-state index contributed by atoms with van der Waals surface area (Å²) < 4.78 is 0. The molecule has 0 radical (unpaired) electrons. The quantitative estimate of drug-likeness (QED) is 0.794. The fraction of sp³-hybridized carbons (Fsp3) is 0.333. The Morgan fingerprint density at radius 2 is 2.10 bits per heavy atom. The molecule has 1 fully saturated rings. The first-order valence-electron chi connectivity index (χ1n) is 6.68. The van der Waals surface area contributed by atoms with E-state index in [9.17, 15) is 15.0 Å². The summed E-state index contributed by atoms with van der Waals surface area (Å²) in [5.74, 6) is -0.197. The Labute approximate surface area is 116 Å². The zero-order chi connectivity index (χ0) is 14.1. The lowest BCUT2D eigenvalue weighted by atomic mass is 9.82. The van der Waals surface area contributed by atoms with E-state index in [0.717, 1.165) is 23.7 Å². The van der Waals surface area contributed by atoms with Crippen LogP contribution >= 0.6 is 0 Å². The van der Waals surface area contributed by atoms with E-state index >= 15 is 0 Å². The van der Waals surface area contributed by atoms with Crippen LogP contribution in [0.4, 0.5) is 5.82 Å². The minimum absolute atomic E-state index is 0.184. The number of aromatic nitrogens is 1. The number of aliphatic hydroxyl groups excluding tert-OH is 1. The van der Waals surface area contributed by atoms with E-state index in [0.29, 0.717) is 18.3 Å². The number of carboxylic acids is 1. The number of aromatic carboxylic acids is 1. The molecular formula is C15H16N2O3. The van der Waals surface area contributed by atoms with Crippen LogP contribution < -0.4 is 5.32 Å². The van der Waals surface area contributed by atoms with E-state index in [1.54, 1.807) is 6.07 Å². The maximum Gasteiger partial charge on any atom is 0.339 e. The van der Waals surface area contributed by atoms with Crippen molar-refractivity contribution in [2.75, 3.05) is 11.9 Å². The van der Waals surface area contributed by atoms with Crippen molar-refractivity contribution in [3.05, 3.63) is 35.9 Å². The molecule has 1 aromatic heterocycles. The predicted molar refractivity (Wildman–Crippen MR) is 75.9 cm³/mol. The van der Waals surface area contributed by atoms with E-state index in [1.165, 1.54) is 0 Å². The number of anilines is 1. The summed E-state index contributed by atoms with van der Waals surface area (Å²) in [4.78, 5) is 15.7. The van der Waals surface area contributed by atoms with Crippen LogP contribution in [0.5, 0.6) is 0 Å². The first-order valence-corrected chi connectivity index (χ1v) is 6.68. The smallest absolute Gasteiger partial charge is 0.339 e. The summed E-state index contributed by atoms with van der Waals surface area (Å²) >= 11 is 0. The maximum atomic E-state index is 11.3. The molecule has 1 aromatic carbocycles. The molecule has 104 valence electrons. The third kappa shape index (κ3) is 2.44. The molecule has 1 aliphatic carbocycles. The molecule has 3 N–H and O–H groups in total. The van der Waals surface area contributed by atoms with E-state index in [1.807, 2.05) is 24.3 Å². The van der Waals surface area contributed by atoms with Gasteiger partial charge in [0.15, 0.2) is 0 Å². The summed E-state index contributed by atoms with van der Waals surface area (Å²) in [6, 6.07) is 9.09. The van der Waals surface area contributed by atoms with Crippen molar-refractivity contribution in [1.29, 1.82) is 0 Å². The second-order valence-electron chi connectivity index (χ2n) is 5.25. The van der Waals surface area contributed by atoms with Gasteiger partial charge in [0.2, 0.25) is 0 Å². The van der Waals surface area contributed by atoms with Crippen molar-refractivity contribution in [2.45, 2.75) is 18.9 Å². The average Bonchev–Trinajstić information content (AvgIpc) is 2.41. The molecule has 0 aliphatic heterocycles. The van der Waals surface area contributed by atoms with Crippen molar-refractivity contribution < 1.29 is 15.0 Å². The first kappa shape index (κ1) is 12.9. The van der Waals surface area contributed by atoms with Crippen LogP contribution in [0.15, 0.2) is 30.3 Å². The van der Waals surface area contributed by atoms with Gasteiger partial charge in [-0.2, -0.15) is 0 Å². The van der Waals surface area contributed by atoms with Crippen molar-refractivity contribution >= 4 is 22.7 Å². The van der Waals surface area contributed by atoms with Crippen molar-refractivity contribution in [3.8, 4) is 0 Å². The molecule has 5 heteroatoms. The molecule has 0 saturated heterocycles. The lowest BCUT2D eigenvalue weighted by molar-refractivity contribution is 0.0485. The SMILES string of the molecule is O=C(O)c1cc2ccccc2nc1NCC1CC(O)C1. The average molecular weight is 272 g/mol. The monoisotopic (exact) mass is 272 g/mol. The Bertz CT molecular complexity index is 651. The lowest BCUT2D eigenvalue weighted by Crippen LogP contribution is -2.33. The van der Waals surface area contributed by atoms with Gasteiger partial charge < -0.3 is 15.5 Å². The zero-order valence-electron chi connectivity index (χ0n) is 10.9. The summed E-state index contributed by atoms with van der Waals surface area (Å²) in [5, 5.41) is 22.5. The molecule has 0 spiro atoms. The molecule has 2 aromatic rings.